The van der Waals surface area contributed by atoms with Crippen molar-refractivity contribution in [1.29, 1.82) is 0 Å². The SMILES string of the molecule is CC(C)Oc1cccc(CC(=O)OCc2ccc(C(=O)N3CCCC3)cc2)c1. The van der Waals surface area contributed by atoms with Crippen LogP contribution in [0.2, 0.25) is 0 Å². The highest BCUT2D eigenvalue weighted by Crippen LogP contribution is 2.17. The summed E-state index contributed by atoms with van der Waals surface area (Å²) < 4.78 is 11.0. The molecule has 148 valence electrons. The van der Waals surface area contributed by atoms with Crippen LogP contribution in [0.25, 0.3) is 0 Å². The van der Waals surface area contributed by atoms with Crippen LogP contribution < -0.4 is 4.74 Å². The van der Waals surface area contributed by atoms with Gasteiger partial charge < -0.3 is 14.4 Å². The van der Waals surface area contributed by atoms with Crippen LogP contribution in [-0.4, -0.2) is 36.0 Å². The molecular weight excluding hydrogens is 354 g/mol. The van der Waals surface area contributed by atoms with E-state index in [1.165, 1.54) is 0 Å². The van der Waals surface area contributed by atoms with Crippen molar-refractivity contribution in [3.05, 3.63) is 65.2 Å². The molecule has 1 aliphatic rings. The van der Waals surface area contributed by atoms with Crippen LogP contribution in [0, 0.1) is 0 Å². The molecule has 1 amide bonds. The molecule has 0 saturated carbocycles. The van der Waals surface area contributed by atoms with Crippen molar-refractivity contribution in [2.45, 2.75) is 45.8 Å². The maximum Gasteiger partial charge on any atom is 0.310 e. The van der Waals surface area contributed by atoms with Gasteiger partial charge in [0.05, 0.1) is 12.5 Å². The zero-order chi connectivity index (χ0) is 19.9. The summed E-state index contributed by atoms with van der Waals surface area (Å²) >= 11 is 0. The van der Waals surface area contributed by atoms with Gasteiger partial charge in [-0.25, -0.2) is 0 Å². The van der Waals surface area contributed by atoms with Gasteiger partial charge in [0.15, 0.2) is 0 Å². The zero-order valence-electron chi connectivity index (χ0n) is 16.5. The summed E-state index contributed by atoms with van der Waals surface area (Å²) in [5, 5.41) is 0. The Morgan fingerprint density at radius 1 is 1.00 bits per heavy atom. The average Bonchev–Trinajstić information content (AvgIpc) is 3.21. The van der Waals surface area contributed by atoms with Gasteiger partial charge in [-0.1, -0.05) is 24.3 Å². The first-order valence-electron chi connectivity index (χ1n) is 9.81. The standard InChI is InChI=1S/C23H27NO4/c1-17(2)28-21-7-5-6-19(14-21)15-22(25)27-16-18-8-10-20(11-9-18)23(26)24-12-3-4-13-24/h5-11,14,17H,3-4,12-13,15-16H2,1-2H3. The van der Waals surface area contributed by atoms with Gasteiger partial charge in [-0.3, -0.25) is 9.59 Å². The first-order chi connectivity index (χ1) is 13.5. The van der Waals surface area contributed by atoms with Gasteiger partial charge in [-0.05, 0) is 62.1 Å². The van der Waals surface area contributed by atoms with E-state index in [-0.39, 0.29) is 31.0 Å². The minimum atomic E-state index is -0.293. The Morgan fingerprint density at radius 2 is 1.71 bits per heavy atom. The Labute approximate surface area is 166 Å². The van der Waals surface area contributed by atoms with Crippen molar-refractivity contribution in [3.63, 3.8) is 0 Å². The maximum atomic E-state index is 12.4. The summed E-state index contributed by atoms with van der Waals surface area (Å²) in [5.41, 5.74) is 2.40. The maximum absolute atomic E-state index is 12.4. The lowest BCUT2D eigenvalue weighted by Gasteiger charge is -2.15. The molecule has 2 aromatic rings. The number of ether oxygens (including phenoxy) is 2. The van der Waals surface area contributed by atoms with Gasteiger partial charge >= 0.3 is 5.97 Å². The predicted octanol–water partition coefficient (Wildman–Crippen LogP) is 4.00. The molecule has 1 aliphatic heterocycles. The van der Waals surface area contributed by atoms with E-state index in [2.05, 4.69) is 0 Å². The highest BCUT2D eigenvalue weighted by Gasteiger charge is 2.19. The minimum Gasteiger partial charge on any atom is -0.491 e. The van der Waals surface area contributed by atoms with Crippen molar-refractivity contribution in [2.24, 2.45) is 0 Å². The van der Waals surface area contributed by atoms with Gasteiger partial charge in [0.1, 0.15) is 12.4 Å². The number of nitrogens with zero attached hydrogens (tertiary/aromatic N) is 1. The number of likely N-dealkylation sites (tertiary alicyclic amines) is 1. The second kappa shape index (κ2) is 9.40. The second-order valence-corrected chi connectivity index (χ2v) is 7.35. The number of hydrogen-bond acceptors (Lipinski definition) is 4. The Morgan fingerprint density at radius 3 is 2.39 bits per heavy atom. The minimum absolute atomic E-state index is 0.0737. The van der Waals surface area contributed by atoms with Gasteiger partial charge in [-0.2, -0.15) is 0 Å². The largest absolute Gasteiger partial charge is 0.491 e. The Balaban J connectivity index is 1.50. The number of amides is 1. The average molecular weight is 381 g/mol. The second-order valence-electron chi connectivity index (χ2n) is 7.35. The molecule has 5 heteroatoms. The number of carbonyl (C=O) groups is 2. The Bertz CT molecular complexity index is 808. The van der Waals surface area contributed by atoms with Crippen LogP contribution in [0.15, 0.2) is 48.5 Å². The van der Waals surface area contributed by atoms with Crippen molar-refractivity contribution in [1.82, 2.24) is 4.90 Å². The number of carbonyl (C=O) groups excluding carboxylic acids is 2. The fraction of sp³-hybridized carbons (Fsp3) is 0.391. The molecule has 0 atom stereocenters. The highest BCUT2D eigenvalue weighted by atomic mass is 16.5. The monoisotopic (exact) mass is 381 g/mol. The quantitative estimate of drug-likeness (QED) is 0.681. The number of esters is 1. The molecule has 0 spiro atoms. The Kier molecular flexibility index (Phi) is 6.69. The fourth-order valence-electron chi connectivity index (χ4n) is 3.23. The summed E-state index contributed by atoms with van der Waals surface area (Å²) in [7, 11) is 0. The van der Waals surface area contributed by atoms with Crippen LogP contribution in [0.3, 0.4) is 0 Å². The topological polar surface area (TPSA) is 55.8 Å². The van der Waals surface area contributed by atoms with E-state index < -0.39 is 0 Å². The zero-order valence-corrected chi connectivity index (χ0v) is 16.5. The van der Waals surface area contributed by atoms with Gasteiger partial charge in [-0.15, -0.1) is 0 Å². The van der Waals surface area contributed by atoms with E-state index in [1.807, 2.05) is 55.1 Å². The van der Waals surface area contributed by atoms with Crippen molar-refractivity contribution in [2.75, 3.05) is 13.1 Å². The van der Waals surface area contributed by atoms with Crippen LogP contribution >= 0.6 is 0 Å². The molecule has 28 heavy (non-hydrogen) atoms. The van der Waals surface area contributed by atoms with Crippen molar-refractivity contribution < 1.29 is 19.1 Å². The van der Waals surface area contributed by atoms with E-state index >= 15 is 0 Å². The van der Waals surface area contributed by atoms with E-state index in [0.29, 0.717) is 5.56 Å². The molecular formula is C23H27NO4. The molecule has 0 aromatic heterocycles. The van der Waals surface area contributed by atoms with Gasteiger partial charge in [0.2, 0.25) is 0 Å². The number of rotatable bonds is 7. The molecule has 5 nitrogen and oxygen atoms in total. The summed E-state index contributed by atoms with van der Waals surface area (Å²) in [6.07, 6.45) is 2.43. The van der Waals surface area contributed by atoms with E-state index in [4.69, 9.17) is 9.47 Å². The van der Waals surface area contributed by atoms with E-state index in [0.717, 1.165) is 42.8 Å². The number of benzene rings is 2. The van der Waals surface area contributed by atoms with E-state index in [9.17, 15) is 9.59 Å². The summed E-state index contributed by atoms with van der Waals surface area (Å²) in [6.45, 7) is 5.79. The molecule has 1 fully saturated rings. The van der Waals surface area contributed by atoms with Crippen molar-refractivity contribution in [3.8, 4) is 5.75 Å². The van der Waals surface area contributed by atoms with Gasteiger partial charge in [0, 0.05) is 18.7 Å². The predicted molar refractivity (Wildman–Crippen MR) is 107 cm³/mol. The third kappa shape index (κ3) is 5.59. The smallest absolute Gasteiger partial charge is 0.310 e. The lowest BCUT2D eigenvalue weighted by molar-refractivity contribution is -0.144. The molecule has 1 saturated heterocycles. The van der Waals surface area contributed by atoms with Crippen molar-refractivity contribution >= 4 is 11.9 Å². The Hall–Kier alpha value is -2.82. The number of hydrogen-bond donors (Lipinski definition) is 0. The molecule has 0 aliphatic carbocycles. The molecule has 3 rings (SSSR count). The van der Waals surface area contributed by atoms with Crippen LogP contribution in [-0.2, 0) is 22.6 Å². The van der Waals surface area contributed by atoms with E-state index in [1.54, 1.807) is 12.1 Å². The highest BCUT2D eigenvalue weighted by molar-refractivity contribution is 5.94. The third-order valence-corrected chi connectivity index (χ3v) is 4.61. The first-order valence-corrected chi connectivity index (χ1v) is 9.81. The molecule has 0 radical (unpaired) electrons. The van der Waals surface area contributed by atoms with Crippen LogP contribution in [0.4, 0.5) is 0 Å². The molecule has 0 N–H and O–H groups in total. The van der Waals surface area contributed by atoms with Gasteiger partial charge in [0.25, 0.3) is 5.91 Å². The summed E-state index contributed by atoms with van der Waals surface area (Å²) in [5.74, 6) is 0.530. The fourth-order valence-corrected chi connectivity index (χ4v) is 3.23. The summed E-state index contributed by atoms with van der Waals surface area (Å²) in [6, 6.07) is 14.8. The molecule has 2 aromatic carbocycles. The third-order valence-electron chi connectivity index (χ3n) is 4.61. The normalized spacial score (nSPS) is 13.6. The first kappa shape index (κ1) is 19.9. The lowest BCUT2D eigenvalue weighted by atomic mass is 10.1. The molecule has 0 unspecified atom stereocenters. The van der Waals surface area contributed by atoms with Crippen LogP contribution in [0.5, 0.6) is 5.75 Å². The summed E-state index contributed by atoms with van der Waals surface area (Å²) in [4.78, 5) is 26.4. The molecule has 1 heterocycles. The lowest BCUT2D eigenvalue weighted by Crippen LogP contribution is -2.27. The van der Waals surface area contributed by atoms with Crippen LogP contribution in [0.1, 0.15) is 48.2 Å². The molecule has 0 bridgehead atoms.